The summed E-state index contributed by atoms with van der Waals surface area (Å²) in [5.74, 6) is 0. The maximum absolute atomic E-state index is 12.0. The van der Waals surface area contributed by atoms with Crippen LogP contribution in [0.4, 0.5) is 13.2 Å². The predicted molar refractivity (Wildman–Crippen MR) is 59.2 cm³/mol. The first kappa shape index (κ1) is 12.1. The number of aryl methyl sites for hydroxylation is 1. The minimum Gasteiger partial charge on any atom is -0.298 e. The van der Waals surface area contributed by atoms with Gasteiger partial charge in [0.2, 0.25) is 0 Å². The van der Waals surface area contributed by atoms with Gasteiger partial charge in [-0.25, -0.2) is 4.98 Å². The lowest BCUT2D eigenvalue weighted by Crippen LogP contribution is -2.20. The molecule has 7 heteroatoms. The summed E-state index contributed by atoms with van der Waals surface area (Å²) >= 11 is 1.25. The molecule has 0 saturated heterocycles. The maximum atomic E-state index is 12.0. The molecule has 0 amide bonds. The largest absolute Gasteiger partial charge is 0.389 e. The van der Waals surface area contributed by atoms with Crippen LogP contribution < -0.4 is 5.56 Å². The van der Waals surface area contributed by atoms with Crippen molar-refractivity contribution >= 4 is 21.6 Å². The third-order valence-corrected chi connectivity index (χ3v) is 3.19. The van der Waals surface area contributed by atoms with Crippen LogP contribution in [0.15, 0.2) is 22.6 Å². The van der Waals surface area contributed by atoms with E-state index in [0.29, 0.717) is 10.2 Å². The Morgan fingerprint density at radius 3 is 2.88 bits per heavy atom. The molecule has 2 rings (SSSR count). The van der Waals surface area contributed by atoms with Crippen molar-refractivity contribution in [1.82, 2.24) is 9.55 Å². The van der Waals surface area contributed by atoms with E-state index in [4.69, 9.17) is 0 Å². The van der Waals surface area contributed by atoms with E-state index < -0.39 is 12.6 Å². The van der Waals surface area contributed by atoms with E-state index in [0.717, 1.165) is 0 Å². The van der Waals surface area contributed by atoms with Crippen LogP contribution in [0.25, 0.3) is 10.2 Å². The number of nitrogens with zero attached hydrogens (tertiary/aromatic N) is 2. The summed E-state index contributed by atoms with van der Waals surface area (Å²) in [7, 11) is 0. The van der Waals surface area contributed by atoms with Gasteiger partial charge in [-0.3, -0.25) is 9.36 Å². The van der Waals surface area contributed by atoms with Crippen LogP contribution >= 0.6 is 11.3 Å². The molecule has 0 unspecified atom stereocenters. The molecule has 0 aliphatic carbocycles. The van der Waals surface area contributed by atoms with Gasteiger partial charge in [-0.15, -0.1) is 11.3 Å². The average Bonchev–Trinajstić information content (AvgIpc) is 2.68. The number of fused-ring (bicyclic) bond motifs is 1. The normalized spacial score (nSPS) is 12.2. The number of thiophene rings is 1. The predicted octanol–water partition coefficient (Wildman–Crippen LogP) is 2.80. The van der Waals surface area contributed by atoms with Gasteiger partial charge in [0, 0.05) is 13.0 Å². The molecule has 2 heterocycles. The molecule has 0 atom stereocenters. The molecular formula is C10H9F3N2OS. The van der Waals surface area contributed by atoms with E-state index in [1.807, 2.05) is 0 Å². The summed E-state index contributed by atoms with van der Waals surface area (Å²) in [6, 6.07) is 1.71. The fourth-order valence-corrected chi connectivity index (χ4v) is 2.28. The summed E-state index contributed by atoms with van der Waals surface area (Å²) in [6.45, 7) is 0.0409. The van der Waals surface area contributed by atoms with Gasteiger partial charge in [0.05, 0.1) is 11.8 Å². The summed E-state index contributed by atoms with van der Waals surface area (Å²) < 4.78 is 37.6. The lowest BCUT2D eigenvalue weighted by atomic mass is 10.3. The first-order valence-electron chi connectivity index (χ1n) is 4.97. The molecule has 0 aromatic carbocycles. The highest BCUT2D eigenvalue weighted by molar-refractivity contribution is 7.17. The Kier molecular flexibility index (Phi) is 3.19. The SMILES string of the molecule is O=c1c2sccc2ncn1CCCC(F)(F)F. The number of alkyl halides is 3. The second-order valence-electron chi connectivity index (χ2n) is 3.60. The molecule has 3 nitrogen and oxygen atoms in total. The zero-order chi connectivity index (χ0) is 12.5. The Morgan fingerprint density at radius 2 is 2.18 bits per heavy atom. The van der Waals surface area contributed by atoms with Gasteiger partial charge in [-0.05, 0) is 17.9 Å². The third-order valence-electron chi connectivity index (χ3n) is 2.30. The highest BCUT2D eigenvalue weighted by Gasteiger charge is 2.26. The quantitative estimate of drug-likeness (QED) is 0.852. The zero-order valence-corrected chi connectivity index (χ0v) is 9.51. The Morgan fingerprint density at radius 1 is 1.41 bits per heavy atom. The summed E-state index contributed by atoms with van der Waals surface area (Å²) in [5, 5.41) is 1.74. The van der Waals surface area contributed by atoms with Crippen molar-refractivity contribution in [3.8, 4) is 0 Å². The molecule has 2 aromatic heterocycles. The Hall–Kier alpha value is -1.37. The lowest BCUT2D eigenvalue weighted by Gasteiger charge is -2.07. The number of aromatic nitrogens is 2. The molecular weight excluding hydrogens is 253 g/mol. The molecule has 0 saturated carbocycles. The first-order chi connectivity index (χ1) is 7.97. The highest BCUT2D eigenvalue weighted by Crippen LogP contribution is 2.21. The van der Waals surface area contributed by atoms with Crippen molar-refractivity contribution in [3.05, 3.63) is 28.1 Å². The van der Waals surface area contributed by atoms with Crippen LogP contribution in [0.5, 0.6) is 0 Å². The smallest absolute Gasteiger partial charge is 0.298 e. The van der Waals surface area contributed by atoms with Crippen molar-refractivity contribution in [2.75, 3.05) is 0 Å². The van der Waals surface area contributed by atoms with Crippen LogP contribution in [0.3, 0.4) is 0 Å². The van der Waals surface area contributed by atoms with E-state index in [1.54, 1.807) is 11.4 Å². The molecule has 17 heavy (non-hydrogen) atoms. The minimum absolute atomic E-state index is 0.0409. The van der Waals surface area contributed by atoms with Gasteiger partial charge >= 0.3 is 6.18 Å². The second-order valence-corrected chi connectivity index (χ2v) is 4.51. The van der Waals surface area contributed by atoms with E-state index in [-0.39, 0.29) is 18.5 Å². The van der Waals surface area contributed by atoms with Crippen LogP contribution in [0, 0.1) is 0 Å². The monoisotopic (exact) mass is 262 g/mol. The number of hydrogen-bond donors (Lipinski definition) is 0. The van der Waals surface area contributed by atoms with Gasteiger partial charge in [0.25, 0.3) is 5.56 Å². The fourth-order valence-electron chi connectivity index (χ4n) is 1.49. The third kappa shape index (κ3) is 2.85. The van der Waals surface area contributed by atoms with Gasteiger partial charge in [0.1, 0.15) is 4.70 Å². The topological polar surface area (TPSA) is 34.9 Å². The van der Waals surface area contributed by atoms with Crippen molar-refractivity contribution in [3.63, 3.8) is 0 Å². The molecule has 0 spiro atoms. The van der Waals surface area contributed by atoms with Gasteiger partial charge in [0.15, 0.2) is 0 Å². The van der Waals surface area contributed by atoms with Crippen LogP contribution in [-0.4, -0.2) is 15.7 Å². The molecule has 0 aliphatic rings. The number of rotatable bonds is 3. The van der Waals surface area contributed by atoms with Gasteiger partial charge < -0.3 is 0 Å². The van der Waals surface area contributed by atoms with E-state index in [2.05, 4.69) is 4.98 Å². The van der Waals surface area contributed by atoms with Crippen molar-refractivity contribution in [2.45, 2.75) is 25.6 Å². The number of halogens is 3. The van der Waals surface area contributed by atoms with Crippen LogP contribution in [0.1, 0.15) is 12.8 Å². The minimum atomic E-state index is -4.18. The van der Waals surface area contributed by atoms with Crippen molar-refractivity contribution in [2.24, 2.45) is 0 Å². The molecule has 0 bridgehead atoms. The fraction of sp³-hybridized carbons (Fsp3) is 0.400. The molecule has 0 fully saturated rings. The molecule has 0 radical (unpaired) electrons. The Labute approximate surface area is 98.5 Å². The number of hydrogen-bond acceptors (Lipinski definition) is 3. The zero-order valence-electron chi connectivity index (χ0n) is 8.70. The van der Waals surface area contributed by atoms with Crippen LogP contribution in [-0.2, 0) is 6.54 Å². The van der Waals surface area contributed by atoms with Gasteiger partial charge in [-0.1, -0.05) is 0 Å². The van der Waals surface area contributed by atoms with E-state index in [9.17, 15) is 18.0 Å². The lowest BCUT2D eigenvalue weighted by molar-refractivity contribution is -0.135. The standard InChI is InChI=1S/C10H9F3N2OS/c11-10(12,13)3-1-4-15-6-14-7-2-5-17-8(7)9(15)16/h2,5-6H,1,3-4H2. The average molecular weight is 262 g/mol. The Balaban J connectivity index is 2.14. The highest BCUT2D eigenvalue weighted by atomic mass is 32.1. The maximum Gasteiger partial charge on any atom is 0.389 e. The van der Waals surface area contributed by atoms with E-state index >= 15 is 0 Å². The first-order valence-corrected chi connectivity index (χ1v) is 5.85. The van der Waals surface area contributed by atoms with Gasteiger partial charge in [-0.2, -0.15) is 13.2 Å². The molecule has 0 aliphatic heterocycles. The Bertz CT molecular complexity index is 573. The molecule has 0 N–H and O–H groups in total. The summed E-state index contributed by atoms with van der Waals surface area (Å²) in [4.78, 5) is 15.8. The van der Waals surface area contributed by atoms with E-state index in [1.165, 1.54) is 22.2 Å². The van der Waals surface area contributed by atoms with Crippen LogP contribution in [0.2, 0.25) is 0 Å². The molecule has 92 valence electrons. The molecule has 2 aromatic rings. The van der Waals surface area contributed by atoms with Crippen molar-refractivity contribution < 1.29 is 13.2 Å². The second kappa shape index (κ2) is 4.48. The summed E-state index contributed by atoms with van der Waals surface area (Å²) in [6.07, 6.45) is -3.87. The summed E-state index contributed by atoms with van der Waals surface area (Å²) in [5.41, 5.74) is 0.319. The van der Waals surface area contributed by atoms with Crippen molar-refractivity contribution in [1.29, 1.82) is 0 Å².